The van der Waals surface area contributed by atoms with Gasteiger partial charge in [-0.2, -0.15) is 0 Å². The molecule has 4 heteroatoms. The van der Waals surface area contributed by atoms with E-state index in [0.29, 0.717) is 5.25 Å². The van der Waals surface area contributed by atoms with Crippen LogP contribution in [0, 0.1) is 5.92 Å². The lowest BCUT2D eigenvalue weighted by Gasteiger charge is -2.19. The van der Waals surface area contributed by atoms with Crippen LogP contribution < -0.4 is 0 Å². The van der Waals surface area contributed by atoms with E-state index in [9.17, 15) is 4.79 Å². The molecule has 0 amide bonds. The van der Waals surface area contributed by atoms with Crippen molar-refractivity contribution in [3.63, 3.8) is 0 Å². The summed E-state index contributed by atoms with van der Waals surface area (Å²) in [5.74, 6) is 1.90. The van der Waals surface area contributed by atoms with Gasteiger partial charge in [0, 0.05) is 5.92 Å². The van der Waals surface area contributed by atoms with E-state index in [-0.39, 0.29) is 11.2 Å². The minimum Gasteiger partial charge on any atom is -0.496 e. The second kappa shape index (κ2) is 3.25. The van der Waals surface area contributed by atoms with Gasteiger partial charge in [-0.05, 0) is 6.42 Å². The number of carbonyl (C=O) groups is 1. The normalized spacial score (nSPS) is 36.6. The van der Waals surface area contributed by atoms with Gasteiger partial charge in [0.15, 0.2) is 0 Å². The molecule has 3 atom stereocenters. The minimum atomic E-state index is 0.115. The van der Waals surface area contributed by atoms with Gasteiger partial charge >= 0.3 is 0 Å². The number of aldehydes is 1. The quantitative estimate of drug-likeness (QED) is 0.641. The standard InChI is InChI=1S/C9H12O3S/c1-11-7-6-3-5(4-10)9(13-6)8(7)12-2/h4-6,9H,3H2,1-2H3/t5-,6+,9-/m1/s1. The lowest BCUT2D eigenvalue weighted by Crippen LogP contribution is -2.22. The number of methoxy groups -OCH3 is 2. The van der Waals surface area contributed by atoms with Crippen LogP contribution in [0.15, 0.2) is 11.5 Å². The van der Waals surface area contributed by atoms with E-state index < -0.39 is 0 Å². The van der Waals surface area contributed by atoms with Crippen molar-refractivity contribution in [2.75, 3.05) is 14.2 Å². The first-order chi connectivity index (χ1) is 6.31. The topological polar surface area (TPSA) is 35.5 Å². The van der Waals surface area contributed by atoms with Gasteiger partial charge in [0.1, 0.15) is 17.8 Å². The Kier molecular flexibility index (Phi) is 2.24. The zero-order valence-electron chi connectivity index (χ0n) is 7.65. The first-order valence-corrected chi connectivity index (χ1v) is 5.19. The lowest BCUT2D eigenvalue weighted by atomic mass is 9.93. The molecule has 2 rings (SSSR count). The Bertz CT molecular complexity index is 262. The van der Waals surface area contributed by atoms with Crippen LogP contribution in [0.1, 0.15) is 6.42 Å². The Morgan fingerprint density at radius 1 is 1.38 bits per heavy atom. The van der Waals surface area contributed by atoms with Crippen molar-refractivity contribution in [2.24, 2.45) is 5.92 Å². The van der Waals surface area contributed by atoms with Gasteiger partial charge in [-0.1, -0.05) is 0 Å². The molecule has 13 heavy (non-hydrogen) atoms. The van der Waals surface area contributed by atoms with Crippen LogP contribution in [-0.4, -0.2) is 31.0 Å². The fourth-order valence-corrected chi connectivity index (χ4v) is 3.74. The summed E-state index contributed by atoms with van der Waals surface area (Å²) in [6.07, 6.45) is 1.93. The van der Waals surface area contributed by atoms with Crippen LogP contribution in [0.3, 0.4) is 0 Å². The average molecular weight is 200 g/mol. The molecule has 0 spiro atoms. The van der Waals surface area contributed by atoms with Crippen LogP contribution in [-0.2, 0) is 14.3 Å². The summed E-state index contributed by atoms with van der Waals surface area (Å²) in [4.78, 5) is 10.7. The molecule has 2 aliphatic rings. The Labute approximate surface area is 81.5 Å². The molecular formula is C9H12O3S. The summed E-state index contributed by atoms with van der Waals surface area (Å²) in [5.41, 5.74) is 0. The number of ether oxygens (including phenoxy) is 2. The summed E-state index contributed by atoms with van der Waals surface area (Å²) in [7, 11) is 3.29. The second-order valence-corrected chi connectivity index (χ2v) is 4.57. The molecule has 0 unspecified atom stereocenters. The van der Waals surface area contributed by atoms with Crippen molar-refractivity contribution in [3.8, 4) is 0 Å². The summed E-state index contributed by atoms with van der Waals surface area (Å²) < 4.78 is 10.5. The number of rotatable bonds is 3. The molecule has 1 fully saturated rings. The second-order valence-electron chi connectivity index (χ2n) is 3.22. The number of carbonyl (C=O) groups excluding carboxylic acids is 1. The number of hydrogen-bond acceptors (Lipinski definition) is 4. The highest BCUT2D eigenvalue weighted by atomic mass is 32.2. The first-order valence-electron chi connectivity index (χ1n) is 4.24. The Balaban J connectivity index is 2.28. The van der Waals surface area contributed by atoms with Crippen molar-refractivity contribution < 1.29 is 14.3 Å². The van der Waals surface area contributed by atoms with E-state index in [0.717, 1.165) is 24.2 Å². The fourth-order valence-electron chi connectivity index (χ4n) is 2.00. The van der Waals surface area contributed by atoms with Gasteiger partial charge in [0.2, 0.25) is 0 Å². The number of thioether (sulfide) groups is 1. The third kappa shape index (κ3) is 1.15. The predicted octanol–water partition coefficient (Wildman–Crippen LogP) is 1.19. The molecule has 0 aromatic carbocycles. The highest BCUT2D eigenvalue weighted by Crippen LogP contribution is 2.52. The third-order valence-electron chi connectivity index (χ3n) is 2.59. The van der Waals surface area contributed by atoms with Crippen LogP contribution in [0.4, 0.5) is 0 Å². The highest BCUT2D eigenvalue weighted by Gasteiger charge is 2.48. The number of fused-ring (bicyclic) bond motifs is 2. The maximum absolute atomic E-state index is 10.7. The van der Waals surface area contributed by atoms with Crippen molar-refractivity contribution in [1.82, 2.24) is 0 Å². The third-order valence-corrected chi connectivity index (χ3v) is 4.19. The molecule has 2 aliphatic heterocycles. The molecular weight excluding hydrogens is 188 g/mol. The maximum Gasteiger partial charge on any atom is 0.148 e. The van der Waals surface area contributed by atoms with E-state index >= 15 is 0 Å². The molecule has 0 aromatic heterocycles. The highest BCUT2D eigenvalue weighted by molar-refractivity contribution is 8.01. The zero-order valence-corrected chi connectivity index (χ0v) is 8.47. The molecule has 0 aromatic rings. The Hall–Kier alpha value is -0.640. The van der Waals surface area contributed by atoms with Gasteiger partial charge in [-0.15, -0.1) is 11.8 Å². The largest absolute Gasteiger partial charge is 0.496 e. The first kappa shape index (κ1) is 8.94. The van der Waals surface area contributed by atoms with Gasteiger partial charge in [-0.3, -0.25) is 0 Å². The molecule has 0 aliphatic carbocycles. The average Bonchev–Trinajstić information content (AvgIpc) is 2.72. The Morgan fingerprint density at radius 3 is 2.62 bits per heavy atom. The van der Waals surface area contributed by atoms with E-state index in [1.807, 2.05) is 0 Å². The van der Waals surface area contributed by atoms with Gasteiger partial charge in [-0.25, -0.2) is 0 Å². The molecule has 0 N–H and O–H groups in total. The van der Waals surface area contributed by atoms with Gasteiger partial charge in [0.25, 0.3) is 0 Å². The molecule has 0 radical (unpaired) electrons. The molecule has 3 nitrogen and oxygen atoms in total. The van der Waals surface area contributed by atoms with Crippen molar-refractivity contribution >= 4 is 18.0 Å². The summed E-state index contributed by atoms with van der Waals surface area (Å²) in [6, 6.07) is 0. The maximum atomic E-state index is 10.7. The predicted molar refractivity (Wildman–Crippen MR) is 50.4 cm³/mol. The molecule has 0 saturated carbocycles. The van der Waals surface area contributed by atoms with Crippen LogP contribution in [0.5, 0.6) is 0 Å². The SMILES string of the molecule is COC1=C(OC)[C@@H]2S[C@H]1C[C@@H]2C=O. The molecule has 72 valence electrons. The van der Waals surface area contributed by atoms with E-state index in [2.05, 4.69) is 0 Å². The van der Waals surface area contributed by atoms with Gasteiger partial charge < -0.3 is 14.3 Å². The summed E-state index contributed by atoms with van der Waals surface area (Å²) >= 11 is 1.77. The van der Waals surface area contributed by atoms with Crippen LogP contribution in [0.2, 0.25) is 0 Å². The van der Waals surface area contributed by atoms with Crippen LogP contribution in [0.25, 0.3) is 0 Å². The Morgan fingerprint density at radius 2 is 2.08 bits per heavy atom. The van der Waals surface area contributed by atoms with E-state index in [4.69, 9.17) is 9.47 Å². The van der Waals surface area contributed by atoms with Gasteiger partial charge in [0.05, 0.1) is 24.7 Å². The smallest absolute Gasteiger partial charge is 0.148 e. The summed E-state index contributed by atoms with van der Waals surface area (Å²) in [5, 5.41) is 0.530. The van der Waals surface area contributed by atoms with E-state index in [1.54, 1.807) is 26.0 Å². The van der Waals surface area contributed by atoms with Crippen LogP contribution >= 0.6 is 11.8 Å². The lowest BCUT2D eigenvalue weighted by molar-refractivity contribution is -0.111. The monoisotopic (exact) mass is 200 g/mol. The minimum absolute atomic E-state index is 0.115. The van der Waals surface area contributed by atoms with Crippen molar-refractivity contribution in [2.45, 2.75) is 16.9 Å². The van der Waals surface area contributed by atoms with Crippen molar-refractivity contribution in [1.29, 1.82) is 0 Å². The molecule has 2 heterocycles. The molecule has 2 bridgehead atoms. The molecule has 1 saturated heterocycles. The van der Waals surface area contributed by atoms with Crippen molar-refractivity contribution in [3.05, 3.63) is 11.5 Å². The summed E-state index contributed by atoms with van der Waals surface area (Å²) in [6.45, 7) is 0. The number of hydrogen-bond donors (Lipinski definition) is 0. The zero-order chi connectivity index (χ0) is 9.42. The fraction of sp³-hybridized carbons (Fsp3) is 0.667. The van der Waals surface area contributed by atoms with E-state index in [1.165, 1.54) is 0 Å².